The van der Waals surface area contributed by atoms with E-state index in [9.17, 15) is 0 Å². The van der Waals surface area contributed by atoms with Gasteiger partial charge in [-0.2, -0.15) is 0 Å². The van der Waals surface area contributed by atoms with Gasteiger partial charge in [0.15, 0.2) is 0 Å². The van der Waals surface area contributed by atoms with Crippen LogP contribution in [0.3, 0.4) is 0 Å². The van der Waals surface area contributed by atoms with Crippen LogP contribution in [0.1, 0.15) is 0 Å². The Morgan fingerprint density at radius 2 is 0.286 bits per heavy atom. The largest absolute Gasteiger partial charge is 2.00 e. The van der Waals surface area contributed by atoms with E-state index >= 15 is 0 Å². The number of hydrogen-bond donors (Lipinski definition) is 0. The minimum absolute atomic E-state index is 0. The second-order valence-corrected chi connectivity index (χ2v) is 0. The van der Waals surface area contributed by atoms with Crippen LogP contribution in [0, 0.1) is 0 Å². The number of hydrogen-bond acceptors (Lipinski definition) is 5. The smallest absolute Gasteiger partial charge is 1.00 e. The average molecular weight is 365 g/mol. The Balaban J connectivity index is 0. The fourth-order valence-corrected chi connectivity index (χ4v) is 0. The first-order valence-corrected chi connectivity index (χ1v) is 0. The first kappa shape index (κ1) is 342. The molecule has 0 spiro atoms. The summed E-state index contributed by atoms with van der Waals surface area (Å²) in [6.45, 7) is 0. The van der Waals surface area contributed by atoms with Crippen molar-refractivity contribution in [2.45, 2.75) is 0 Å². The molecule has 0 unspecified atom stereocenters. The van der Waals surface area contributed by atoms with Gasteiger partial charge in [0.05, 0.1) is 0 Å². The van der Waals surface area contributed by atoms with E-state index in [1.807, 2.05) is 0 Å². The molecule has 0 aliphatic rings. The van der Waals surface area contributed by atoms with E-state index in [1.54, 1.807) is 0 Å². The van der Waals surface area contributed by atoms with E-state index in [1.165, 1.54) is 0 Å². The van der Waals surface area contributed by atoms with Gasteiger partial charge in [0.2, 0.25) is 0 Å². The van der Waals surface area contributed by atoms with Crippen LogP contribution in [0.15, 0.2) is 0 Å². The first-order chi connectivity index (χ1) is 0. The number of rotatable bonds is 0. The molecule has 0 aromatic carbocycles. The molecule has 0 fully saturated rings. The SMILES string of the molecule is [Al].[Al].[Cl-].[Cl-].[Cl-].[Cl-].[Cl-].[Mg+2].[Mg+2].[OH-].[OH-].[OH-].[OH-].[OH-]. The zero-order valence-electron chi connectivity index (χ0n) is 6.69. The van der Waals surface area contributed by atoms with Gasteiger partial charge in [-0.15, -0.1) is 0 Å². The molecule has 5 nitrogen and oxygen atoms in total. The maximum Gasteiger partial charge on any atom is 2.00 e. The summed E-state index contributed by atoms with van der Waals surface area (Å²) in [5.41, 5.74) is 0. The zero-order chi connectivity index (χ0) is 0. The van der Waals surface area contributed by atoms with Crippen LogP contribution in [0.2, 0.25) is 0 Å². The second-order valence-electron chi connectivity index (χ2n) is 0. The standard InChI is InChI=1S/2Al.5ClH.2Mg.5H2O/h;;5*1H;;;5*1H2/q;;;;;;;2*+2;;;;;/p-10. The fourth-order valence-electron chi connectivity index (χ4n) is 0. The summed E-state index contributed by atoms with van der Waals surface area (Å²) < 4.78 is 0. The van der Waals surface area contributed by atoms with Crippen molar-refractivity contribution in [2.24, 2.45) is 0 Å². The summed E-state index contributed by atoms with van der Waals surface area (Å²) in [7, 11) is 0. The van der Waals surface area contributed by atoms with Crippen molar-refractivity contribution in [1.82, 2.24) is 0 Å². The first-order valence-electron chi connectivity index (χ1n) is 0. The van der Waals surface area contributed by atoms with Gasteiger partial charge in [-0.1, -0.05) is 0 Å². The Hall–Kier alpha value is 3.85. The van der Waals surface area contributed by atoms with E-state index in [4.69, 9.17) is 0 Å². The molecule has 0 saturated heterocycles. The van der Waals surface area contributed by atoms with E-state index < -0.39 is 0 Å². The molecule has 14 heavy (non-hydrogen) atoms. The molecule has 0 rings (SSSR count). The monoisotopic (exact) mass is 362 g/mol. The molecule has 0 saturated carbocycles. The Bertz CT molecular complexity index is 26.1. The predicted octanol–water partition coefficient (Wildman–Crippen LogP) is -17.4. The van der Waals surface area contributed by atoms with E-state index in [0.29, 0.717) is 0 Å². The molecular formula is H5Al2Cl5Mg2O5-6. The molecule has 6 radical (unpaired) electrons. The quantitative estimate of drug-likeness (QED) is 0.391. The van der Waals surface area contributed by atoms with Gasteiger partial charge in [-0.3, -0.25) is 0 Å². The molecule has 14 heteroatoms. The summed E-state index contributed by atoms with van der Waals surface area (Å²) in [5, 5.41) is 0. The molecule has 0 aliphatic carbocycles. The van der Waals surface area contributed by atoms with Crippen molar-refractivity contribution >= 4 is 80.8 Å². The molecule has 0 atom stereocenters. The molecule has 0 aliphatic heterocycles. The van der Waals surface area contributed by atoms with Crippen LogP contribution in [0.25, 0.3) is 0 Å². The molecule has 0 heterocycles. The molecule has 0 bridgehead atoms. The summed E-state index contributed by atoms with van der Waals surface area (Å²) in [5.74, 6) is 0. The minimum atomic E-state index is 0. The molecule has 0 amide bonds. The maximum absolute atomic E-state index is 0. The summed E-state index contributed by atoms with van der Waals surface area (Å²) >= 11 is 0. The maximum atomic E-state index is 0. The molecule has 86 valence electrons. The summed E-state index contributed by atoms with van der Waals surface area (Å²) in [6.07, 6.45) is 0. The van der Waals surface area contributed by atoms with Crippen molar-refractivity contribution in [2.75, 3.05) is 0 Å². The zero-order valence-corrected chi connectivity index (χ0v) is 15.6. The van der Waals surface area contributed by atoms with E-state index in [-0.39, 0.29) is 170 Å². The van der Waals surface area contributed by atoms with Gasteiger partial charge in [0, 0.05) is 34.7 Å². The topological polar surface area (TPSA) is 150 Å². The minimum Gasteiger partial charge on any atom is -1.00 e. The molecule has 0 aromatic heterocycles. The van der Waals surface area contributed by atoms with E-state index in [0.717, 1.165) is 0 Å². The number of halogens is 5. The van der Waals surface area contributed by atoms with Crippen LogP contribution in [0.5, 0.6) is 0 Å². The predicted molar refractivity (Wildman–Crippen MR) is 32.7 cm³/mol. The van der Waals surface area contributed by atoms with E-state index in [2.05, 4.69) is 0 Å². The van der Waals surface area contributed by atoms with Crippen molar-refractivity contribution in [3.63, 3.8) is 0 Å². The Labute approximate surface area is 168 Å². The second kappa shape index (κ2) is 286. The molecule has 5 N–H and O–H groups in total. The van der Waals surface area contributed by atoms with Gasteiger partial charge in [-0.05, 0) is 0 Å². The van der Waals surface area contributed by atoms with Gasteiger partial charge in [0.25, 0.3) is 0 Å². The Kier molecular flexibility index (Phi) is 6990. The van der Waals surface area contributed by atoms with Crippen molar-refractivity contribution < 1.29 is 89.4 Å². The Morgan fingerprint density at radius 3 is 0.286 bits per heavy atom. The molecular weight excluding hydrogens is 360 g/mol. The van der Waals surface area contributed by atoms with Gasteiger partial charge in [-0.25, -0.2) is 0 Å². The van der Waals surface area contributed by atoms with Gasteiger partial charge >= 0.3 is 46.1 Å². The third-order valence-electron chi connectivity index (χ3n) is 0. The van der Waals surface area contributed by atoms with Crippen LogP contribution in [-0.4, -0.2) is 108 Å². The van der Waals surface area contributed by atoms with Crippen LogP contribution >= 0.6 is 0 Å². The normalized spacial score (nSPS) is 0. The third-order valence-corrected chi connectivity index (χ3v) is 0. The average Bonchev–Trinajstić information content (AvgIpc) is 0. The fraction of sp³-hybridized carbons (Fsp3) is 0. The summed E-state index contributed by atoms with van der Waals surface area (Å²) in [6, 6.07) is 0. The molecule has 0 aromatic rings. The van der Waals surface area contributed by atoms with Gasteiger partial charge < -0.3 is 89.4 Å². The van der Waals surface area contributed by atoms with Crippen molar-refractivity contribution in [3.8, 4) is 0 Å². The van der Waals surface area contributed by atoms with Crippen LogP contribution < -0.4 is 62.0 Å². The van der Waals surface area contributed by atoms with Crippen molar-refractivity contribution in [1.29, 1.82) is 0 Å². The van der Waals surface area contributed by atoms with Crippen LogP contribution in [-0.2, 0) is 0 Å². The summed E-state index contributed by atoms with van der Waals surface area (Å²) in [4.78, 5) is 0. The van der Waals surface area contributed by atoms with Gasteiger partial charge in [0.1, 0.15) is 0 Å². The Morgan fingerprint density at radius 1 is 0.286 bits per heavy atom. The van der Waals surface area contributed by atoms with Crippen LogP contribution in [0.4, 0.5) is 0 Å². The van der Waals surface area contributed by atoms with Crippen molar-refractivity contribution in [3.05, 3.63) is 0 Å². The third kappa shape index (κ3) is 236.